The predicted molar refractivity (Wildman–Crippen MR) is 69.7 cm³/mol. The summed E-state index contributed by atoms with van der Waals surface area (Å²) in [7, 11) is 3.84. The number of hydrogen-bond donors (Lipinski definition) is 1. The third-order valence-corrected chi connectivity index (χ3v) is 3.10. The van der Waals surface area contributed by atoms with Crippen molar-refractivity contribution in [2.75, 3.05) is 7.05 Å². The Morgan fingerprint density at radius 2 is 2.06 bits per heavy atom. The molecule has 0 bridgehead atoms. The van der Waals surface area contributed by atoms with Crippen LogP contribution in [-0.4, -0.2) is 16.8 Å². The van der Waals surface area contributed by atoms with Crippen LogP contribution in [0.25, 0.3) is 0 Å². The molecule has 0 aliphatic rings. The van der Waals surface area contributed by atoms with Gasteiger partial charge in [-0.25, -0.2) is 4.39 Å². The van der Waals surface area contributed by atoms with Gasteiger partial charge in [0, 0.05) is 19.3 Å². The van der Waals surface area contributed by atoms with Crippen molar-refractivity contribution in [3.8, 4) is 0 Å². The predicted octanol–water partition coefficient (Wildman–Crippen LogP) is 2.45. The molecule has 0 radical (unpaired) electrons. The van der Waals surface area contributed by atoms with Crippen LogP contribution < -0.4 is 5.32 Å². The molecule has 0 fully saturated rings. The highest BCUT2D eigenvalue weighted by molar-refractivity contribution is 5.20. The third kappa shape index (κ3) is 3.17. The fraction of sp³-hybridized carbons (Fsp3) is 0.357. The largest absolute Gasteiger partial charge is 0.313 e. The van der Waals surface area contributed by atoms with E-state index in [0.29, 0.717) is 0 Å². The molecule has 18 heavy (non-hydrogen) atoms. The van der Waals surface area contributed by atoms with Crippen molar-refractivity contribution in [3.63, 3.8) is 0 Å². The van der Waals surface area contributed by atoms with Crippen LogP contribution in [0.1, 0.15) is 23.6 Å². The van der Waals surface area contributed by atoms with Crippen LogP contribution in [0.2, 0.25) is 0 Å². The van der Waals surface area contributed by atoms with Gasteiger partial charge in [-0.15, -0.1) is 0 Å². The van der Waals surface area contributed by atoms with Crippen LogP contribution in [0.3, 0.4) is 0 Å². The van der Waals surface area contributed by atoms with E-state index < -0.39 is 0 Å². The maximum Gasteiger partial charge on any atom is 0.123 e. The highest BCUT2D eigenvalue weighted by Gasteiger charge is 2.09. The van der Waals surface area contributed by atoms with Gasteiger partial charge in [-0.3, -0.25) is 4.68 Å². The van der Waals surface area contributed by atoms with E-state index in [-0.39, 0.29) is 11.9 Å². The highest BCUT2D eigenvalue weighted by atomic mass is 19.1. The average Bonchev–Trinajstić information content (AvgIpc) is 2.78. The number of nitrogens with zero attached hydrogens (tertiary/aromatic N) is 2. The van der Waals surface area contributed by atoms with Gasteiger partial charge in [-0.05, 0) is 43.1 Å². The number of hydrogen-bond acceptors (Lipinski definition) is 2. The lowest BCUT2D eigenvalue weighted by Gasteiger charge is -2.16. The number of aromatic nitrogens is 2. The van der Waals surface area contributed by atoms with Crippen LogP contribution in [0.4, 0.5) is 4.39 Å². The van der Waals surface area contributed by atoms with Crippen molar-refractivity contribution >= 4 is 0 Å². The number of aryl methyl sites for hydroxylation is 2. The minimum absolute atomic E-state index is 0.194. The molecule has 1 aromatic carbocycles. The lowest BCUT2D eigenvalue weighted by molar-refractivity contribution is 0.546. The van der Waals surface area contributed by atoms with E-state index in [9.17, 15) is 4.39 Å². The van der Waals surface area contributed by atoms with E-state index in [1.807, 2.05) is 43.3 Å². The summed E-state index contributed by atoms with van der Waals surface area (Å²) in [6.45, 7) is 0. The van der Waals surface area contributed by atoms with Crippen molar-refractivity contribution < 1.29 is 4.39 Å². The van der Waals surface area contributed by atoms with Crippen LogP contribution in [-0.2, 0) is 13.5 Å². The van der Waals surface area contributed by atoms with E-state index in [2.05, 4.69) is 10.4 Å². The second-order valence-electron chi connectivity index (χ2n) is 4.45. The first-order chi connectivity index (χ1) is 8.69. The molecule has 4 heteroatoms. The van der Waals surface area contributed by atoms with E-state index in [1.54, 1.807) is 0 Å². The van der Waals surface area contributed by atoms with Gasteiger partial charge in [0.2, 0.25) is 0 Å². The first-order valence-corrected chi connectivity index (χ1v) is 6.09. The van der Waals surface area contributed by atoms with Crippen molar-refractivity contribution in [2.24, 2.45) is 7.05 Å². The minimum Gasteiger partial charge on any atom is -0.313 e. The average molecular weight is 247 g/mol. The molecule has 0 spiro atoms. The second-order valence-corrected chi connectivity index (χ2v) is 4.45. The van der Waals surface area contributed by atoms with Crippen molar-refractivity contribution in [1.29, 1.82) is 0 Å². The van der Waals surface area contributed by atoms with Gasteiger partial charge in [0.25, 0.3) is 0 Å². The maximum atomic E-state index is 12.9. The maximum absolute atomic E-state index is 12.9. The van der Waals surface area contributed by atoms with Crippen LogP contribution >= 0.6 is 0 Å². The molecule has 0 saturated carbocycles. The summed E-state index contributed by atoms with van der Waals surface area (Å²) in [6.07, 6.45) is 5.83. The molecule has 1 unspecified atom stereocenters. The Labute approximate surface area is 107 Å². The quantitative estimate of drug-likeness (QED) is 0.879. The Hall–Kier alpha value is -1.68. The van der Waals surface area contributed by atoms with Crippen LogP contribution in [0, 0.1) is 5.82 Å². The van der Waals surface area contributed by atoms with Gasteiger partial charge in [0.1, 0.15) is 5.82 Å². The zero-order valence-corrected chi connectivity index (χ0v) is 10.7. The van der Waals surface area contributed by atoms with Gasteiger partial charge in [0.05, 0.1) is 6.20 Å². The SMILES string of the molecule is CNC(CCc1cnn(C)c1)c1ccc(F)cc1. The number of nitrogens with one attached hydrogen (secondary N) is 1. The highest BCUT2D eigenvalue weighted by Crippen LogP contribution is 2.19. The fourth-order valence-corrected chi connectivity index (χ4v) is 2.08. The van der Waals surface area contributed by atoms with Crippen LogP contribution in [0.15, 0.2) is 36.7 Å². The lowest BCUT2D eigenvalue weighted by atomic mass is 10.0. The molecular formula is C14H18FN3. The topological polar surface area (TPSA) is 29.9 Å². The molecule has 1 atom stereocenters. The lowest BCUT2D eigenvalue weighted by Crippen LogP contribution is -2.17. The van der Waals surface area contributed by atoms with Gasteiger partial charge in [-0.1, -0.05) is 12.1 Å². The summed E-state index contributed by atoms with van der Waals surface area (Å²) >= 11 is 0. The van der Waals surface area contributed by atoms with Crippen LogP contribution in [0.5, 0.6) is 0 Å². The normalized spacial score (nSPS) is 12.6. The summed E-state index contributed by atoms with van der Waals surface area (Å²) in [5.41, 5.74) is 2.34. The number of rotatable bonds is 5. The zero-order valence-electron chi connectivity index (χ0n) is 10.7. The minimum atomic E-state index is -0.194. The summed E-state index contributed by atoms with van der Waals surface area (Å²) in [4.78, 5) is 0. The molecule has 3 nitrogen and oxygen atoms in total. The molecule has 0 aliphatic carbocycles. The summed E-state index contributed by atoms with van der Waals surface area (Å²) < 4.78 is 14.7. The van der Waals surface area contributed by atoms with Gasteiger partial charge < -0.3 is 5.32 Å². The molecule has 1 aromatic heterocycles. The molecule has 1 N–H and O–H groups in total. The zero-order chi connectivity index (χ0) is 13.0. The Morgan fingerprint density at radius 1 is 1.33 bits per heavy atom. The van der Waals surface area contributed by atoms with Crippen molar-refractivity contribution in [2.45, 2.75) is 18.9 Å². The summed E-state index contributed by atoms with van der Waals surface area (Å²) in [5.74, 6) is -0.194. The smallest absolute Gasteiger partial charge is 0.123 e. The standard InChI is InChI=1S/C14H18FN3/c1-16-14(12-4-6-13(15)7-5-12)8-3-11-9-17-18(2)10-11/h4-7,9-10,14,16H,3,8H2,1-2H3. The molecule has 1 heterocycles. The molecule has 0 saturated heterocycles. The van der Waals surface area contributed by atoms with E-state index in [0.717, 1.165) is 18.4 Å². The molecular weight excluding hydrogens is 229 g/mol. The second kappa shape index (κ2) is 5.78. The van der Waals surface area contributed by atoms with E-state index in [1.165, 1.54) is 17.7 Å². The summed E-state index contributed by atoms with van der Waals surface area (Å²) in [5, 5.41) is 7.42. The Bertz CT molecular complexity index is 490. The van der Waals surface area contributed by atoms with E-state index >= 15 is 0 Å². The number of halogens is 1. The van der Waals surface area contributed by atoms with Gasteiger partial charge in [-0.2, -0.15) is 5.10 Å². The molecule has 2 aromatic rings. The fourth-order valence-electron chi connectivity index (χ4n) is 2.08. The Kier molecular flexibility index (Phi) is 4.10. The van der Waals surface area contributed by atoms with Gasteiger partial charge >= 0.3 is 0 Å². The van der Waals surface area contributed by atoms with Gasteiger partial charge in [0.15, 0.2) is 0 Å². The Morgan fingerprint density at radius 3 is 2.61 bits per heavy atom. The van der Waals surface area contributed by atoms with E-state index in [4.69, 9.17) is 0 Å². The molecule has 96 valence electrons. The van der Waals surface area contributed by atoms with Crippen molar-refractivity contribution in [3.05, 3.63) is 53.6 Å². The molecule has 2 rings (SSSR count). The first kappa shape index (κ1) is 12.8. The molecule has 0 amide bonds. The summed E-state index contributed by atoms with van der Waals surface area (Å²) in [6, 6.07) is 6.92. The molecule has 0 aliphatic heterocycles. The third-order valence-electron chi connectivity index (χ3n) is 3.10. The first-order valence-electron chi connectivity index (χ1n) is 6.09. The monoisotopic (exact) mass is 247 g/mol. The number of benzene rings is 1. The van der Waals surface area contributed by atoms with Crippen molar-refractivity contribution in [1.82, 2.24) is 15.1 Å². The Balaban J connectivity index is 1.99.